The highest BCUT2D eigenvalue weighted by Gasteiger charge is 2.19. The zero-order valence-corrected chi connectivity index (χ0v) is 12.0. The van der Waals surface area contributed by atoms with Gasteiger partial charge in [0.2, 0.25) is 5.91 Å². The number of aromatic carboxylic acids is 1. The zero-order chi connectivity index (χ0) is 16.0. The number of rotatable bonds is 6. The minimum absolute atomic E-state index is 0.0894. The molecule has 1 atom stereocenters. The van der Waals surface area contributed by atoms with Crippen LogP contribution in [-0.2, 0) is 14.3 Å². The van der Waals surface area contributed by atoms with E-state index in [1.807, 2.05) is 0 Å². The number of hydrogen-bond donors (Lipinski definition) is 2. The molecule has 0 heterocycles. The van der Waals surface area contributed by atoms with Crippen molar-refractivity contribution in [2.24, 2.45) is 5.92 Å². The zero-order valence-electron chi connectivity index (χ0n) is 12.0. The van der Waals surface area contributed by atoms with Crippen LogP contribution in [0, 0.1) is 5.92 Å². The Hall–Kier alpha value is -2.57. The summed E-state index contributed by atoms with van der Waals surface area (Å²) in [6, 6.07) is 4.27. The first-order chi connectivity index (χ1) is 9.88. The molecule has 114 valence electrons. The van der Waals surface area contributed by atoms with Gasteiger partial charge in [-0.25, -0.2) is 4.79 Å². The average molecular weight is 295 g/mol. The number of carbonyl (C=O) groups excluding carboxylic acids is 2. The predicted octanol–water partition coefficient (Wildman–Crippen LogP) is 1.53. The fourth-order valence-corrected chi connectivity index (χ4v) is 1.70. The third-order valence-corrected chi connectivity index (χ3v) is 2.83. The van der Waals surface area contributed by atoms with Gasteiger partial charge >= 0.3 is 11.9 Å². The fourth-order valence-electron chi connectivity index (χ4n) is 1.70. The molecule has 0 aliphatic carbocycles. The number of anilines is 1. The molecule has 7 nitrogen and oxygen atoms in total. The van der Waals surface area contributed by atoms with Gasteiger partial charge in [-0.2, -0.15) is 0 Å². The summed E-state index contributed by atoms with van der Waals surface area (Å²) >= 11 is 0. The van der Waals surface area contributed by atoms with Crippen molar-refractivity contribution < 1.29 is 29.0 Å². The summed E-state index contributed by atoms with van der Waals surface area (Å²) in [4.78, 5) is 34.2. The van der Waals surface area contributed by atoms with Gasteiger partial charge in [0.05, 0.1) is 31.4 Å². The van der Waals surface area contributed by atoms with Crippen LogP contribution >= 0.6 is 0 Å². The second-order valence-corrected chi connectivity index (χ2v) is 4.39. The molecule has 0 spiro atoms. The SMILES string of the molecule is COC(=O)C(C)CC(=O)Nc1ccc(OC)cc1C(=O)O. The number of carboxylic acids is 1. The smallest absolute Gasteiger partial charge is 0.337 e. The normalized spacial score (nSPS) is 11.4. The van der Waals surface area contributed by atoms with Crippen LogP contribution in [0.4, 0.5) is 5.69 Å². The Kier molecular flexibility index (Phi) is 5.71. The van der Waals surface area contributed by atoms with Gasteiger partial charge < -0.3 is 19.9 Å². The summed E-state index contributed by atoms with van der Waals surface area (Å²) in [6.45, 7) is 1.55. The molecule has 1 unspecified atom stereocenters. The van der Waals surface area contributed by atoms with Crippen molar-refractivity contribution in [3.63, 3.8) is 0 Å². The molecule has 0 bridgehead atoms. The van der Waals surface area contributed by atoms with E-state index >= 15 is 0 Å². The number of methoxy groups -OCH3 is 2. The molecule has 0 radical (unpaired) electrons. The van der Waals surface area contributed by atoms with Gasteiger partial charge in [-0.05, 0) is 18.2 Å². The molecule has 2 N–H and O–H groups in total. The van der Waals surface area contributed by atoms with Gasteiger partial charge in [0.1, 0.15) is 5.75 Å². The number of esters is 1. The Morgan fingerprint density at radius 1 is 1.29 bits per heavy atom. The van der Waals surface area contributed by atoms with E-state index in [4.69, 9.17) is 9.84 Å². The van der Waals surface area contributed by atoms with E-state index in [1.165, 1.54) is 32.4 Å². The average Bonchev–Trinajstić information content (AvgIpc) is 2.46. The van der Waals surface area contributed by atoms with E-state index in [9.17, 15) is 14.4 Å². The van der Waals surface area contributed by atoms with Crippen molar-refractivity contribution in [1.29, 1.82) is 0 Å². The maximum absolute atomic E-state index is 11.8. The summed E-state index contributed by atoms with van der Waals surface area (Å²) in [7, 11) is 2.65. The highest BCUT2D eigenvalue weighted by atomic mass is 16.5. The number of hydrogen-bond acceptors (Lipinski definition) is 5. The van der Waals surface area contributed by atoms with Gasteiger partial charge in [-0.1, -0.05) is 6.92 Å². The van der Waals surface area contributed by atoms with Crippen LogP contribution in [0.3, 0.4) is 0 Å². The van der Waals surface area contributed by atoms with E-state index in [0.29, 0.717) is 5.75 Å². The number of amides is 1. The summed E-state index contributed by atoms with van der Waals surface area (Å²) in [5.74, 6) is -2.40. The van der Waals surface area contributed by atoms with E-state index < -0.39 is 23.8 Å². The largest absolute Gasteiger partial charge is 0.497 e. The maximum atomic E-state index is 11.8. The molecular formula is C14H17NO6. The van der Waals surface area contributed by atoms with Gasteiger partial charge in [-0.15, -0.1) is 0 Å². The number of ether oxygens (including phenoxy) is 2. The van der Waals surface area contributed by atoms with Crippen LogP contribution in [0.25, 0.3) is 0 Å². The lowest BCUT2D eigenvalue weighted by molar-refractivity contribution is -0.146. The van der Waals surface area contributed by atoms with Crippen molar-refractivity contribution in [1.82, 2.24) is 0 Å². The molecule has 0 aliphatic rings. The maximum Gasteiger partial charge on any atom is 0.337 e. The van der Waals surface area contributed by atoms with Crippen molar-refractivity contribution in [2.75, 3.05) is 19.5 Å². The summed E-state index contributed by atoms with van der Waals surface area (Å²) in [5, 5.41) is 11.6. The standard InChI is InChI=1S/C14H17NO6/c1-8(14(19)21-3)6-12(16)15-11-5-4-9(20-2)7-10(11)13(17)18/h4-5,7-8H,6H2,1-3H3,(H,15,16)(H,17,18). The second kappa shape index (κ2) is 7.28. The van der Waals surface area contributed by atoms with E-state index in [0.717, 1.165) is 0 Å². The number of nitrogens with one attached hydrogen (secondary N) is 1. The van der Waals surface area contributed by atoms with Crippen molar-refractivity contribution in [2.45, 2.75) is 13.3 Å². The van der Waals surface area contributed by atoms with Crippen molar-refractivity contribution in [3.05, 3.63) is 23.8 Å². The lowest BCUT2D eigenvalue weighted by Gasteiger charge is -2.12. The summed E-state index contributed by atoms with van der Waals surface area (Å²) in [6.07, 6.45) is -0.0994. The van der Waals surface area contributed by atoms with Crippen molar-refractivity contribution in [3.8, 4) is 5.75 Å². The van der Waals surface area contributed by atoms with Crippen LogP contribution in [0.2, 0.25) is 0 Å². The molecule has 1 aromatic carbocycles. The van der Waals surface area contributed by atoms with Gasteiger partial charge in [0.15, 0.2) is 0 Å². The van der Waals surface area contributed by atoms with Gasteiger partial charge in [0, 0.05) is 6.42 Å². The minimum atomic E-state index is -1.19. The Balaban J connectivity index is 2.85. The lowest BCUT2D eigenvalue weighted by atomic mass is 10.1. The highest BCUT2D eigenvalue weighted by Crippen LogP contribution is 2.22. The molecule has 0 aromatic heterocycles. The molecule has 0 saturated carbocycles. The quantitative estimate of drug-likeness (QED) is 0.772. The third-order valence-electron chi connectivity index (χ3n) is 2.83. The first-order valence-corrected chi connectivity index (χ1v) is 6.18. The highest BCUT2D eigenvalue weighted by molar-refractivity contribution is 6.01. The molecule has 7 heteroatoms. The summed E-state index contributed by atoms with van der Waals surface area (Å²) < 4.78 is 9.46. The lowest BCUT2D eigenvalue weighted by Crippen LogP contribution is -2.22. The Bertz CT molecular complexity index is 554. The van der Waals surface area contributed by atoms with Gasteiger partial charge in [-0.3, -0.25) is 9.59 Å². The predicted molar refractivity (Wildman–Crippen MR) is 74.4 cm³/mol. The topological polar surface area (TPSA) is 102 Å². The molecular weight excluding hydrogens is 278 g/mol. The molecule has 0 fully saturated rings. The van der Waals surface area contributed by atoms with Crippen molar-refractivity contribution >= 4 is 23.5 Å². The van der Waals surface area contributed by atoms with Crippen LogP contribution in [-0.4, -0.2) is 37.2 Å². The van der Waals surface area contributed by atoms with E-state index in [1.54, 1.807) is 6.92 Å². The van der Waals surface area contributed by atoms with Crippen LogP contribution < -0.4 is 10.1 Å². The Morgan fingerprint density at radius 3 is 2.48 bits per heavy atom. The molecule has 0 aliphatic heterocycles. The number of carbonyl (C=O) groups is 3. The van der Waals surface area contributed by atoms with Gasteiger partial charge in [0.25, 0.3) is 0 Å². The first kappa shape index (κ1) is 16.5. The fraction of sp³-hybridized carbons (Fsp3) is 0.357. The van der Waals surface area contributed by atoms with Crippen LogP contribution in [0.1, 0.15) is 23.7 Å². The first-order valence-electron chi connectivity index (χ1n) is 6.18. The molecule has 1 rings (SSSR count). The number of carboxylic acid groups (broad SMARTS) is 1. The summed E-state index contributed by atoms with van der Waals surface area (Å²) in [5.41, 5.74) is 0.0544. The van der Waals surface area contributed by atoms with Crippen LogP contribution in [0.5, 0.6) is 5.75 Å². The van der Waals surface area contributed by atoms with Crippen LogP contribution in [0.15, 0.2) is 18.2 Å². The monoisotopic (exact) mass is 295 g/mol. The van der Waals surface area contributed by atoms with E-state index in [-0.39, 0.29) is 17.7 Å². The minimum Gasteiger partial charge on any atom is -0.497 e. The molecule has 1 aromatic rings. The van der Waals surface area contributed by atoms with E-state index in [2.05, 4.69) is 10.1 Å². The Labute approximate surface area is 121 Å². The molecule has 21 heavy (non-hydrogen) atoms. The molecule has 1 amide bonds. The second-order valence-electron chi connectivity index (χ2n) is 4.39. The Morgan fingerprint density at radius 2 is 1.95 bits per heavy atom. The third kappa shape index (κ3) is 4.48. The number of benzene rings is 1. The molecule has 0 saturated heterocycles.